The zero-order chi connectivity index (χ0) is 10.0. The maximum atomic E-state index is 10.4. The van der Waals surface area contributed by atoms with Gasteiger partial charge in [0.2, 0.25) is 0 Å². The fraction of sp³-hybridized carbons (Fsp3) is 0.909. The van der Waals surface area contributed by atoms with Gasteiger partial charge >= 0.3 is 5.97 Å². The molecular weight excluding hydrogens is 178 g/mol. The van der Waals surface area contributed by atoms with E-state index in [0.717, 1.165) is 19.6 Å². The van der Waals surface area contributed by atoms with Gasteiger partial charge in [0.15, 0.2) is 0 Å². The number of rotatable bonds is 3. The van der Waals surface area contributed by atoms with Gasteiger partial charge in [0.25, 0.3) is 0 Å². The fourth-order valence-corrected chi connectivity index (χ4v) is 3.01. The summed E-state index contributed by atoms with van der Waals surface area (Å²) >= 11 is 0. The van der Waals surface area contributed by atoms with Crippen LogP contribution in [0.25, 0.3) is 0 Å². The first-order valence-corrected chi connectivity index (χ1v) is 5.64. The van der Waals surface area contributed by atoms with Gasteiger partial charge in [-0.15, -0.1) is 0 Å². The minimum absolute atomic E-state index is 0.302. The van der Waals surface area contributed by atoms with Crippen LogP contribution in [0.4, 0.5) is 0 Å². The number of carboxylic acid groups (broad SMARTS) is 1. The van der Waals surface area contributed by atoms with E-state index >= 15 is 0 Å². The first-order valence-electron chi connectivity index (χ1n) is 5.64. The molecule has 0 radical (unpaired) electrons. The normalized spacial score (nSPS) is 26.0. The van der Waals surface area contributed by atoms with Crippen molar-refractivity contribution in [1.29, 1.82) is 0 Å². The maximum absolute atomic E-state index is 10.4. The quantitative estimate of drug-likeness (QED) is 0.749. The molecule has 1 saturated heterocycles. The van der Waals surface area contributed by atoms with Crippen molar-refractivity contribution in [3.05, 3.63) is 0 Å². The van der Waals surface area contributed by atoms with Crippen molar-refractivity contribution in [2.24, 2.45) is 5.41 Å². The molecule has 14 heavy (non-hydrogen) atoms. The predicted octanol–water partition coefficient (Wildman–Crippen LogP) is 1.73. The van der Waals surface area contributed by atoms with Crippen LogP contribution in [0.15, 0.2) is 0 Å². The molecule has 1 spiro atoms. The zero-order valence-corrected chi connectivity index (χ0v) is 8.67. The van der Waals surface area contributed by atoms with Crippen LogP contribution >= 0.6 is 0 Å². The number of hydrogen-bond donors (Lipinski definition) is 1. The molecule has 0 aromatic carbocycles. The van der Waals surface area contributed by atoms with Crippen molar-refractivity contribution in [3.8, 4) is 0 Å². The lowest BCUT2D eigenvalue weighted by Gasteiger charge is -2.23. The van der Waals surface area contributed by atoms with Gasteiger partial charge in [-0.3, -0.25) is 4.79 Å². The van der Waals surface area contributed by atoms with E-state index in [1.807, 2.05) is 0 Å². The lowest BCUT2D eigenvalue weighted by molar-refractivity contribution is -0.137. The van der Waals surface area contributed by atoms with E-state index in [1.54, 1.807) is 0 Å². The summed E-state index contributed by atoms with van der Waals surface area (Å²) in [5, 5.41) is 8.60. The molecule has 3 heteroatoms. The molecule has 1 N–H and O–H groups in total. The fourth-order valence-electron chi connectivity index (χ4n) is 3.01. The first kappa shape index (κ1) is 9.97. The highest BCUT2D eigenvalue weighted by molar-refractivity contribution is 5.66. The summed E-state index contributed by atoms with van der Waals surface area (Å²) in [4.78, 5) is 12.8. The van der Waals surface area contributed by atoms with Gasteiger partial charge in [0, 0.05) is 13.1 Å². The van der Waals surface area contributed by atoms with Crippen molar-refractivity contribution in [2.75, 3.05) is 19.6 Å². The molecule has 0 aromatic rings. The Morgan fingerprint density at radius 1 is 1.29 bits per heavy atom. The third-order valence-corrected chi connectivity index (χ3v) is 3.82. The van der Waals surface area contributed by atoms with Crippen LogP contribution in [-0.4, -0.2) is 35.6 Å². The topological polar surface area (TPSA) is 40.5 Å². The molecule has 1 aliphatic heterocycles. The summed E-state index contributed by atoms with van der Waals surface area (Å²) in [5.41, 5.74) is 0.582. The Kier molecular flexibility index (Phi) is 2.77. The molecule has 1 heterocycles. The summed E-state index contributed by atoms with van der Waals surface area (Å²) < 4.78 is 0. The van der Waals surface area contributed by atoms with Gasteiger partial charge in [0.05, 0.1) is 6.42 Å². The van der Waals surface area contributed by atoms with Crippen molar-refractivity contribution < 1.29 is 9.90 Å². The zero-order valence-electron chi connectivity index (χ0n) is 8.67. The van der Waals surface area contributed by atoms with Crippen LogP contribution < -0.4 is 0 Å². The van der Waals surface area contributed by atoms with Crippen molar-refractivity contribution in [1.82, 2.24) is 4.90 Å². The van der Waals surface area contributed by atoms with Crippen LogP contribution in [0.5, 0.6) is 0 Å². The van der Waals surface area contributed by atoms with Crippen LogP contribution in [0.3, 0.4) is 0 Å². The average molecular weight is 197 g/mol. The molecule has 2 aliphatic rings. The predicted molar refractivity (Wildman–Crippen MR) is 54.2 cm³/mol. The Labute approximate surface area is 85.1 Å². The van der Waals surface area contributed by atoms with Gasteiger partial charge in [-0.2, -0.15) is 0 Å². The van der Waals surface area contributed by atoms with E-state index in [1.165, 1.54) is 32.1 Å². The molecule has 0 atom stereocenters. The number of carboxylic acids is 1. The summed E-state index contributed by atoms with van der Waals surface area (Å²) in [5.74, 6) is -0.669. The number of likely N-dealkylation sites (tertiary alicyclic amines) is 1. The van der Waals surface area contributed by atoms with E-state index in [9.17, 15) is 4.79 Å². The molecule has 0 aromatic heterocycles. The minimum atomic E-state index is -0.669. The summed E-state index contributed by atoms with van der Waals surface area (Å²) in [6.07, 6.45) is 7.11. The minimum Gasteiger partial charge on any atom is -0.481 e. The van der Waals surface area contributed by atoms with Crippen LogP contribution in [0, 0.1) is 5.41 Å². The van der Waals surface area contributed by atoms with Gasteiger partial charge in [0.1, 0.15) is 0 Å². The lowest BCUT2D eigenvalue weighted by Crippen LogP contribution is -2.27. The largest absolute Gasteiger partial charge is 0.481 e. The van der Waals surface area contributed by atoms with E-state index < -0.39 is 5.97 Å². The highest BCUT2D eigenvalue weighted by atomic mass is 16.4. The third kappa shape index (κ3) is 2.08. The standard InChI is InChI=1S/C11H19NO2/c13-10(14)3-7-12-8-6-11(9-12)4-1-2-5-11/h1-9H2,(H,13,14). The Morgan fingerprint density at radius 2 is 2.00 bits per heavy atom. The Morgan fingerprint density at radius 3 is 2.64 bits per heavy atom. The number of nitrogens with zero attached hydrogens (tertiary/aromatic N) is 1. The maximum Gasteiger partial charge on any atom is 0.304 e. The smallest absolute Gasteiger partial charge is 0.304 e. The van der Waals surface area contributed by atoms with Crippen molar-refractivity contribution in [2.45, 2.75) is 38.5 Å². The summed E-state index contributed by atoms with van der Waals surface area (Å²) in [6.45, 7) is 3.02. The number of aliphatic carboxylic acids is 1. The van der Waals surface area contributed by atoms with Gasteiger partial charge in [-0.05, 0) is 31.2 Å². The molecule has 0 amide bonds. The Balaban J connectivity index is 1.79. The molecule has 3 nitrogen and oxygen atoms in total. The molecular formula is C11H19NO2. The monoisotopic (exact) mass is 197 g/mol. The van der Waals surface area contributed by atoms with Gasteiger partial charge in [-0.1, -0.05) is 12.8 Å². The van der Waals surface area contributed by atoms with E-state index in [2.05, 4.69) is 4.90 Å². The highest BCUT2D eigenvalue weighted by Gasteiger charge is 2.39. The van der Waals surface area contributed by atoms with Crippen LogP contribution in [0.2, 0.25) is 0 Å². The molecule has 0 bridgehead atoms. The molecule has 0 unspecified atom stereocenters. The second-order valence-electron chi connectivity index (χ2n) is 4.88. The second-order valence-corrected chi connectivity index (χ2v) is 4.88. The second kappa shape index (κ2) is 3.89. The lowest BCUT2D eigenvalue weighted by atomic mass is 9.86. The van der Waals surface area contributed by atoms with E-state index in [-0.39, 0.29) is 0 Å². The molecule has 80 valence electrons. The highest BCUT2D eigenvalue weighted by Crippen LogP contribution is 2.45. The molecule has 1 aliphatic carbocycles. The summed E-state index contributed by atoms with van der Waals surface area (Å²) in [6, 6.07) is 0. The number of hydrogen-bond acceptors (Lipinski definition) is 2. The van der Waals surface area contributed by atoms with Crippen LogP contribution in [0.1, 0.15) is 38.5 Å². The molecule has 1 saturated carbocycles. The summed E-state index contributed by atoms with van der Waals surface area (Å²) in [7, 11) is 0. The SMILES string of the molecule is O=C(O)CCN1CCC2(CCCC2)C1. The Hall–Kier alpha value is -0.570. The van der Waals surface area contributed by atoms with Crippen molar-refractivity contribution >= 4 is 5.97 Å². The average Bonchev–Trinajstić information content (AvgIpc) is 2.74. The first-order chi connectivity index (χ1) is 6.70. The van der Waals surface area contributed by atoms with Crippen molar-refractivity contribution in [3.63, 3.8) is 0 Å². The van der Waals surface area contributed by atoms with E-state index in [0.29, 0.717) is 11.8 Å². The van der Waals surface area contributed by atoms with Gasteiger partial charge in [-0.25, -0.2) is 0 Å². The number of carbonyl (C=O) groups is 1. The van der Waals surface area contributed by atoms with Gasteiger partial charge < -0.3 is 10.0 Å². The third-order valence-electron chi connectivity index (χ3n) is 3.82. The molecule has 2 rings (SSSR count). The van der Waals surface area contributed by atoms with E-state index in [4.69, 9.17) is 5.11 Å². The van der Waals surface area contributed by atoms with Crippen LogP contribution in [-0.2, 0) is 4.79 Å². The molecule has 2 fully saturated rings. The Bertz CT molecular complexity index is 221.